The van der Waals surface area contributed by atoms with Gasteiger partial charge in [0.2, 0.25) is 0 Å². The van der Waals surface area contributed by atoms with Crippen molar-refractivity contribution >= 4 is 27.8 Å². The number of nitrogens with one attached hydrogen (secondary N) is 1. The summed E-state index contributed by atoms with van der Waals surface area (Å²) in [5.41, 5.74) is 0.403. The van der Waals surface area contributed by atoms with E-state index in [1.165, 1.54) is 31.0 Å². The van der Waals surface area contributed by atoms with Crippen molar-refractivity contribution in [3.8, 4) is 0 Å². The average molecular weight is 399 g/mol. The van der Waals surface area contributed by atoms with E-state index in [0.29, 0.717) is 16.0 Å². The number of carbonyl (C=O) groups is 2. The van der Waals surface area contributed by atoms with E-state index < -0.39 is 11.8 Å². The van der Waals surface area contributed by atoms with Crippen LogP contribution in [0, 0.1) is 11.7 Å². The van der Waals surface area contributed by atoms with E-state index in [2.05, 4.69) is 21.2 Å². The molecule has 7 heteroatoms. The number of carboxylic acid groups (broad SMARTS) is 1. The second-order valence-electron chi connectivity index (χ2n) is 6.69. The molecular formula is C17H20BrFN2O3. The normalized spacial score (nSPS) is 23.0. The van der Waals surface area contributed by atoms with Crippen LogP contribution < -0.4 is 5.32 Å². The molecule has 0 saturated heterocycles. The molecule has 0 spiro atoms. The van der Waals surface area contributed by atoms with E-state index in [9.17, 15) is 14.0 Å². The molecule has 130 valence electrons. The number of nitrogens with zero attached hydrogens (tertiary/aromatic N) is 1. The van der Waals surface area contributed by atoms with Crippen LogP contribution in [-0.4, -0.2) is 47.1 Å². The van der Waals surface area contributed by atoms with Crippen LogP contribution in [0.1, 0.15) is 36.0 Å². The SMILES string of the molecule is O=C(O)CN(CC1CC1)C1CC(NC(=O)c2ccc(F)cc2Br)C1. The van der Waals surface area contributed by atoms with Crippen molar-refractivity contribution in [3.05, 3.63) is 34.1 Å². The van der Waals surface area contributed by atoms with Crippen molar-refractivity contribution in [2.45, 2.75) is 37.8 Å². The van der Waals surface area contributed by atoms with Gasteiger partial charge in [0.1, 0.15) is 5.82 Å². The monoisotopic (exact) mass is 398 g/mol. The lowest BCUT2D eigenvalue weighted by atomic mass is 9.85. The van der Waals surface area contributed by atoms with Crippen LogP contribution in [0.25, 0.3) is 0 Å². The number of halogens is 2. The minimum Gasteiger partial charge on any atom is -0.480 e. The number of benzene rings is 1. The van der Waals surface area contributed by atoms with Gasteiger partial charge in [-0.15, -0.1) is 0 Å². The highest BCUT2D eigenvalue weighted by Gasteiger charge is 2.37. The predicted octanol–water partition coefficient (Wildman–Crippen LogP) is 2.65. The minimum absolute atomic E-state index is 0.0370. The Kier molecular flexibility index (Phi) is 5.20. The van der Waals surface area contributed by atoms with E-state index in [-0.39, 0.29) is 24.5 Å². The lowest BCUT2D eigenvalue weighted by Gasteiger charge is -2.42. The summed E-state index contributed by atoms with van der Waals surface area (Å²) in [5, 5.41) is 12.0. The summed E-state index contributed by atoms with van der Waals surface area (Å²) < 4.78 is 13.5. The summed E-state index contributed by atoms with van der Waals surface area (Å²) in [4.78, 5) is 25.3. The Morgan fingerprint density at radius 2 is 2.04 bits per heavy atom. The molecule has 2 aliphatic carbocycles. The van der Waals surface area contributed by atoms with E-state index in [4.69, 9.17) is 5.11 Å². The van der Waals surface area contributed by atoms with E-state index in [1.807, 2.05) is 4.90 Å². The van der Waals surface area contributed by atoms with Gasteiger partial charge in [0, 0.05) is 23.1 Å². The van der Waals surface area contributed by atoms with E-state index >= 15 is 0 Å². The maximum Gasteiger partial charge on any atom is 0.317 e. The molecule has 3 rings (SSSR count). The first kappa shape index (κ1) is 17.4. The van der Waals surface area contributed by atoms with Crippen LogP contribution in [0.2, 0.25) is 0 Å². The summed E-state index contributed by atoms with van der Waals surface area (Å²) in [6, 6.07) is 4.23. The third-order valence-corrected chi connectivity index (χ3v) is 5.32. The minimum atomic E-state index is -0.807. The van der Waals surface area contributed by atoms with Crippen LogP contribution in [0.15, 0.2) is 22.7 Å². The van der Waals surface area contributed by atoms with Crippen molar-refractivity contribution < 1.29 is 19.1 Å². The number of rotatable bonds is 7. The molecular weight excluding hydrogens is 379 g/mol. The highest BCUT2D eigenvalue weighted by atomic mass is 79.9. The molecule has 0 bridgehead atoms. The maximum atomic E-state index is 13.1. The molecule has 2 saturated carbocycles. The fourth-order valence-corrected chi connectivity index (χ4v) is 3.62. The number of aliphatic carboxylic acids is 1. The molecule has 0 aliphatic heterocycles. The second-order valence-corrected chi connectivity index (χ2v) is 7.54. The first-order chi connectivity index (χ1) is 11.4. The highest BCUT2D eigenvalue weighted by molar-refractivity contribution is 9.10. The number of carboxylic acids is 1. The van der Waals surface area contributed by atoms with Gasteiger partial charge in [-0.1, -0.05) is 0 Å². The summed E-state index contributed by atoms with van der Waals surface area (Å²) >= 11 is 3.20. The number of amides is 1. The van der Waals surface area contributed by atoms with Gasteiger partial charge in [-0.2, -0.15) is 0 Å². The molecule has 0 aromatic heterocycles. The Hall–Kier alpha value is -1.47. The lowest BCUT2D eigenvalue weighted by molar-refractivity contribution is -0.139. The number of hydrogen-bond acceptors (Lipinski definition) is 3. The summed E-state index contributed by atoms with van der Waals surface area (Å²) in [6.45, 7) is 0.895. The molecule has 0 atom stereocenters. The standard InChI is InChI=1S/C17H20BrFN2O3/c18-15-5-11(19)3-4-14(15)17(24)20-12-6-13(7-12)21(9-16(22)23)8-10-1-2-10/h3-5,10,12-13H,1-2,6-9H2,(H,20,24)(H,22,23). The zero-order valence-electron chi connectivity index (χ0n) is 13.2. The Morgan fingerprint density at radius 1 is 1.33 bits per heavy atom. The third-order valence-electron chi connectivity index (χ3n) is 4.67. The molecule has 0 unspecified atom stereocenters. The Morgan fingerprint density at radius 3 is 2.62 bits per heavy atom. The summed E-state index contributed by atoms with van der Waals surface area (Å²) in [7, 11) is 0. The predicted molar refractivity (Wildman–Crippen MR) is 90.3 cm³/mol. The van der Waals surface area contributed by atoms with Gasteiger partial charge < -0.3 is 10.4 Å². The quantitative estimate of drug-likeness (QED) is 0.740. The van der Waals surface area contributed by atoms with Gasteiger partial charge >= 0.3 is 5.97 Å². The smallest absolute Gasteiger partial charge is 0.317 e. The molecule has 2 fully saturated rings. The fraction of sp³-hybridized carbons (Fsp3) is 0.529. The molecule has 1 aromatic carbocycles. The lowest BCUT2D eigenvalue weighted by Crippen LogP contribution is -2.55. The van der Waals surface area contributed by atoms with Gasteiger partial charge in [0.05, 0.1) is 12.1 Å². The van der Waals surface area contributed by atoms with Crippen molar-refractivity contribution in [1.29, 1.82) is 0 Å². The summed E-state index contributed by atoms with van der Waals surface area (Å²) in [5.74, 6) is -0.810. The zero-order chi connectivity index (χ0) is 17.3. The Labute approximate surface area is 148 Å². The fourth-order valence-electron chi connectivity index (χ4n) is 3.09. The van der Waals surface area contributed by atoms with Crippen molar-refractivity contribution in [1.82, 2.24) is 10.2 Å². The number of carbonyl (C=O) groups excluding carboxylic acids is 1. The van der Waals surface area contributed by atoms with Gasteiger partial charge in [0.25, 0.3) is 5.91 Å². The van der Waals surface area contributed by atoms with Crippen molar-refractivity contribution in [2.24, 2.45) is 5.92 Å². The van der Waals surface area contributed by atoms with Crippen LogP contribution >= 0.6 is 15.9 Å². The van der Waals surface area contributed by atoms with Gasteiger partial charge in [0.15, 0.2) is 0 Å². The second kappa shape index (κ2) is 7.19. The topological polar surface area (TPSA) is 69.6 Å². The van der Waals surface area contributed by atoms with Gasteiger partial charge in [-0.3, -0.25) is 14.5 Å². The molecule has 5 nitrogen and oxygen atoms in total. The third kappa shape index (κ3) is 4.33. The van der Waals surface area contributed by atoms with Crippen molar-refractivity contribution in [3.63, 3.8) is 0 Å². The van der Waals surface area contributed by atoms with E-state index in [0.717, 1.165) is 19.4 Å². The van der Waals surface area contributed by atoms with Crippen LogP contribution in [0.5, 0.6) is 0 Å². The average Bonchev–Trinajstić information content (AvgIpc) is 3.24. The number of hydrogen-bond donors (Lipinski definition) is 2. The molecule has 2 aliphatic rings. The first-order valence-corrected chi connectivity index (χ1v) is 8.93. The maximum absolute atomic E-state index is 13.1. The van der Waals surface area contributed by atoms with Gasteiger partial charge in [-0.25, -0.2) is 4.39 Å². The molecule has 1 amide bonds. The molecule has 0 heterocycles. The van der Waals surface area contributed by atoms with Crippen LogP contribution in [0.3, 0.4) is 0 Å². The molecule has 1 aromatic rings. The summed E-state index contributed by atoms with van der Waals surface area (Å²) in [6.07, 6.45) is 3.87. The zero-order valence-corrected chi connectivity index (χ0v) is 14.8. The largest absolute Gasteiger partial charge is 0.480 e. The molecule has 2 N–H and O–H groups in total. The van der Waals surface area contributed by atoms with Crippen LogP contribution in [0.4, 0.5) is 4.39 Å². The Balaban J connectivity index is 1.51. The highest BCUT2D eigenvalue weighted by Crippen LogP contribution is 2.34. The van der Waals surface area contributed by atoms with Crippen LogP contribution in [-0.2, 0) is 4.79 Å². The molecule has 24 heavy (non-hydrogen) atoms. The van der Waals surface area contributed by atoms with Gasteiger partial charge in [-0.05, 0) is 65.7 Å². The van der Waals surface area contributed by atoms with E-state index in [1.54, 1.807) is 0 Å². The molecule has 0 radical (unpaired) electrons. The first-order valence-electron chi connectivity index (χ1n) is 8.14. The van der Waals surface area contributed by atoms with Crippen molar-refractivity contribution in [2.75, 3.05) is 13.1 Å². The Bertz CT molecular complexity index is 645.